The van der Waals surface area contributed by atoms with Crippen molar-refractivity contribution in [2.75, 3.05) is 7.05 Å². The SMILES string of the molecule is CN=C(NCc1cnn(C)n1)NC1CC1.I. The first-order valence-electron chi connectivity index (χ1n) is 5.10. The molecule has 0 radical (unpaired) electrons. The molecule has 6 nitrogen and oxygen atoms in total. The van der Waals surface area contributed by atoms with E-state index >= 15 is 0 Å². The Hall–Kier alpha value is -0.860. The number of hydrogen-bond donors (Lipinski definition) is 2. The molecule has 0 saturated heterocycles. The van der Waals surface area contributed by atoms with Gasteiger partial charge in [0.1, 0.15) is 5.69 Å². The largest absolute Gasteiger partial charge is 0.354 e. The normalized spacial score (nSPS) is 15.5. The van der Waals surface area contributed by atoms with Gasteiger partial charge in [-0.25, -0.2) is 0 Å². The molecule has 16 heavy (non-hydrogen) atoms. The van der Waals surface area contributed by atoms with E-state index in [0.717, 1.165) is 11.7 Å². The van der Waals surface area contributed by atoms with Crippen LogP contribution in [0.1, 0.15) is 18.5 Å². The van der Waals surface area contributed by atoms with E-state index in [2.05, 4.69) is 25.8 Å². The lowest BCUT2D eigenvalue weighted by atomic mass is 10.5. The molecule has 1 aliphatic carbocycles. The Balaban J connectivity index is 0.00000128. The number of nitrogens with zero attached hydrogens (tertiary/aromatic N) is 4. The molecule has 0 atom stereocenters. The summed E-state index contributed by atoms with van der Waals surface area (Å²) in [6.45, 7) is 0.653. The monoisotopic (exact) mass is 336 g/mol. The summed E-state index contributed by atoms with van der Waals surface area (Å²) in [7, 11) is 3.58. The predicted octanol–water partition coefficient (Wildman–Crippen LogP) is 0.260. The second kappa shape index (κ2) is 6.02. The van der Waals surface area contributed by atoms with Gasteiger partial charge < -0.3 is 10.6 Å². The Labute approximate surface area is 112 Å². The van der Waals surface area contributed by atoms with Gasteiger partial charge in [-0.15, -0.1) is 24.0 Å². The number of aliphatic imine (C=N–C) groups is 1. The molecule has 0 unspecified atom stereocenters. The fraction of sp³-hybridized carbons (Fsp3) is 0.667. The van der Waals surface area contributed by atoms with Crippen LogP contribution in [0.4, 0.5) is 0 Å². The van der Waals surface area contributed by atoms with Gasteiger partial charge >= 0.3 is 0 Å². The highest BCUT2D eigenvalue weighted by Gasteiger charge is 2.21. The quantitative estimate of drug-likeness (QED) is 0.472. The van der Waals surface area contributed by atoms with E-state index in [1.807, 2.05) is 0 Å². The van der Waals surface area contributed by atoms with E-state index in [1.165, 1.54) is 12.8 Å². The summed E-state index contributed by atoms with van der Waals surface area (Å²) in [6, 6.07) is 0.609. The maximum Gasteiger partial charge on any atom is 0.191 e. The van der Waals surface area contributed by atoms with Crippen LogP contribution in [0.5, 0.6) is 0 Å². The van der Waals surface area contributed by atoms with Crippen molar-refractivity contribution in [3.8, 4) is 0 Å². The van der Waals surface area contributed by atoms with E-state index in [9.17, 15) is 0 Å². The molecule has 0 aromatic carbocycles. The summed E-state index contributed by atoms with van der Waals surface area (Å²) in [6.07, 6.45) is 4.23. The zero-order chi connectivity index (χ0) is 10.7. The number of halogens is 1. The van der Waals surface area contributed by atoms with Gasteiger partial charge in [-0.1, -0.05) is 0 Å². The Kier molecular flexibility index (Phi) is 4.97. The fourth-order valence-corrected chi connectivity index (χ4v) is 1.26. The molecule has 0 bridgehead atoms. The topological polar surface area (TPSA) is 67.1 Å². The molecule has 0 amide bonds. The molecule has 0 spiro atoms. The number of hydrogen-bond acceptors (Lipinski definition) is 3. The maximum atomic E-state index is 4.17. The summed E-state index contributed by atoms with van der Waals surface area (Å²) < 4.78 is 0. The minimum atomic E-state index is 0. The van der Waals surface area contributed by atoms with Crippen LogP contribution in [-0.4, -0.2) is 34.0 Å². The van der Waals surface area contributed by atoms with E-state index in [4.69, 9.17) is 0 Å². The molecular weight excluding hydrogens is 319 g/mol. The number of aromatic nitrogens is 3. The van der Waals surface area contributed by atoms with E-state index in [-0.39, 0.29) is 24.0 Å². The molecule has 1 aliphatic rings. The van der Waals surface area contributed by atoms with Gasteiger partial charge in [-0.05, 0) is 12.8 Å². The van der Waals surface area contributed by atoms with Crippen molar-refractivity contribution in [2.24, 2.45) is 12.0 Å². The third kappa shape index (κ3) is 3.95. The smallest absolute Gasteiger partial charge is 0.191 e. The molecule has 7 heteroatoms. The lowest BCUT2D eigenvalue weighted by Gasteiger charge is -2.09. The lowest BCUT2D eigenvalue weighted by Crippen LogP contribution is -2.38. The van der Waals surface area contributed by atoms with Gasteiger partial charge in [0.05, 0.1) is 12.7 Å². The number of rotatable bonds is 3. The second-order valence-electron chi connectivity index (χ2n) is 3.67. The zero-order valence-electron chi connectivity index (χ0n) is 9.47. The highest BCUT2D eigenvalue weighted by molar-refractivity contribution is 14.0. The Morgan fingerprint density at radius 3 is 2.88 bits per heavy atom. The third-order valence-corrected chi connectivity index (χ3v) is 2.23. The minimum Gasteiger partial charge on any atom is -0.354 e. The van der Waals surface area contributed by atoms with E-state index in [0.29, 0.717) is 12.6 Å². The molecule has 1 heterocycles. The van der Waals surface area contributed by atoms with Gasteiger partial charge in [-0.2, -0.15) is 15.0 Å². The molecule has 1 fully saturated rings. The van der Waals surface area contributed by atoms with Crippen molar-refractivity contribution >= 4 is 29.9 Å². The van der Waals surface area contributed by atoms with Crippen molar-refractivity contribution < 1.29 is 0 Å². The molecular formula is C9H17IN6. The maximum absolute atomic E-state index is 4.17. The number of aryl methyl sites for hydroxylation is 1. The van der Waals surface area contributed by atoms with E-state index < -0.39 is 0 Å². The molecule has 0 aliphatic heterocycles. The average molecular weight is 336 g/mol. The summed E-state index contributed by atoms with van der Waals surface area (Å²) in [4.78, 5) is 5.68. The summed E-state index contributed by atoms with van der Waals surface area (Å²) in [5, 5.41) is 14.7. The summed E-state index contributed by atoms with van der Waals surface area (Å²) >= 11 is 0. The van der Waals surface area contributed by atoms with Crippen molar-refractivity contribution in [3.05, 3.63) is 11.9 Å². The van der Waals surface area contributed by atoms with Crippen LogP contribution in [0.2, 0.25) is 0 Å². The standard InChI is InChI=1S/C9H16N6.HI/c1-10-9(13-7-3-4-7)11-5-8-6-12-15(2)14-8;/h6-7H,3-5H2,1-2H3,(H2,10,11,13);1H. The van der Waals surface area contributed by atoms with Crippen LogP contribution in [0.3, 0.4) is 0 Å². The predicted molar refractivity (Wildman–Crippen MR) is 72.8 cm³/mol. The van der Waals surface area contributed by atoms with Crippen LogP contribution in [0.25, 0.3) is 0 Å². The average Bonchev–Trinajstić information content (AvgIpc) is 2.95. The number of nitrogens with one attached hydrogen (secondary N) is 2. The third-order valence-electron chi connectivity index (χ3n) is 2.23. The van der Waals surface area contributed by atoms with Crippen molar-refractivity contribution in [3.63, 3.8) is 0 Å². The lowest BCUT2D eigenvalue weighted by molar-refractivity contribution is 0.640. The minimum absolute atomic E-state index is 0. The molecule has 1 saturated carbocycles. The molecule has 90 valence electrons. The molecule has 1 aromatic rings. The Morgan fingerprint density at radius 1 is 1.62 bits per heavy atom. The highest BCUT2D eigenvalue weighted by Crippen LogP contribution is 2.18. The van der Waals surface area contributed by atoms with Crippen molar-refractivity contribution in [2.45, 2.75) is 25.4 Å². The van der Waals surface area contributed by atoms with E-state index in [1.54, 1.807) is 25.1 Å². The summed E-state index contributed by atoms with van der Waals surface area (Å²) in [5.41, 5.74) is 0.913. The van der Waals surface area contributed by atoms with Crippen LogP contribution < -0.4 is 10.6 Å². The first-order valence-corrected chi connectivity index (χ1v) is 5.10. The first kappa shape index (κ1) is 13.2. The second-order valence-corrected chi connectivity index (χ2v) is 3.67. The number of guanidine groups is 1. The zero-order valence-corrected chi connectivity index (χ0v) is 11.8. The van der Waals surface area contributed by atoms with Crippen LogP contribution in [-0.2, 0) is 13.6 Å². The summed E-state index contributed by atoms with van der Waals surface area (Å²) in [5.74, 6) is 0.836. The van der Waals surface area contributed by atoms with Crippen molar-refractivity contribution in [1.82, 2.24) is 25.6 Å². The van der Waals surface area contributed by atoms with Crippen LogP contribution in [0.15, 0.2) is 11.2 Å². The van der Waals surface area contributed by atoms with Gasteiger partial charge in [0, 0.05) is 20.1 Å². The Bertz CT molecular complexity index is 357. The molecule has 2 rings (SSSR count). The van der Waals surface area contributed by atoms with Crippen molar-refractivity contribution in [1.29, 1.82) is 0 Å². The van der Waals surface area contributed by atoms with Gasteiger partial charge in [-0.3, -0.25) is 4.99 Å². The first-order chi connectivity index (χ1) is 7.28. The Morgan fingerprint density at radius 2 is 2.38 bits per heavy atom. The van der Waals surface area contributed by atoms with Gasteiger partial charge in [0.25, 0.3) is 0 Å². The van der Waals surface area contributed by atoms with Gasteiger partial charge in [0.2, 0.25) is 0 Å². The highest BCUT2D eigenvalue weighted by atomic mass is 127. The van der Waals surface area contributed by atoms with Crippen LogP contribution >= 0.6 is 24.0 Å². The molecule has 2 N–H and O–H groups in total. The van der Waals surface area contributed by atoms with Crippen LogP contribution in [0, 0.1) is 0 Å². The molecule has 1 aromatic heterocycles. The fourth-order valence-electron chi connectivity index (χ4n) is 1.26. The van der Waals surface area contributed by atoms with Gasteiger partial charge in [0.15, 0.2) is 5.96 Å².